The van der Waals surface area contributed by atoms with Gasteiger partial charge in [0.05, 0.1) is 16.8 Å². The number of aryl methyl sites for hydroxylation is 3. The highest BCUT2D eigenvalue weighted by atomic mass is 19.3. The van der Waals surface area contributed by atoms with Gasteiger partial charge in [-0.3, -0.25) is 9.97 Å². The number of nitrogens with zero attached hydrogens (tertiary/aromatic N) is 2. The predicted octanol–water partition coefficient (Wildman–Crippen LogP) is 7.62. The Morgan fingerprint density at radius 3 is 2.49 bits per heavy atom. The zero-order chi connectivity index (χ0) is 29.9. The monoisotopic (exact) mass is 559 g/mol. The lowest BCUT2D eigenvalue weighted by atomic mass is 9.76. The van der Waals surface area contributed by atoms with E-state index in [9.17, 15) is 8.78 Å². The number of hydrogen-bond donors (Lipinski definition) is 3. The van der Waals surface area contributed by atoms with Gasteiger partial charge >= 0.3 is 0 Å². The van der Waals surface area contributed by atoms with E-state index in [1.807, 2.05) is 46.0 Å². The summed E-state index contributed by atoms with van der Waals surface area (Å²) in [4.78, 5) is 9.71. The van der Waals surface area contributed by atoms with Crippen LogP contribution in [0.25, 0.3) is 10.9 Å². The van der Waals surface area contributed by atoms with Crippen molar-refractivity contribution in [2.45, 2.75) is 72.6 Å². The molecule has 7 heteroatoms. The number of fused-ring (bicyclic) bond motifs is 1. The van der Waals surface area contributed by atoms with Gasteiger partial charge in [0.25, 0.3) is 5.92 Å². The molecule has 5 nitrogen and oxygen atoms in total. The van der Waals surface area contributed by atoms with Gasteiger partial charge in [0.1, 0.15) is 0 Å². The highest BCUT2D eigenvalue weighted by molar-refractivity contribution is 5.94. The number of rotatable bonds is 10. The molecule has 2 unspecified atom stereocenters. The van der Waals surface area contributed by atoms with Crippen molar-refractivity contribution in [1.29, 1.82) is 0 Å². The number of nitrogens with two attached hydrogens (primary N) is 1. The molecule has 1 aliphatic rings. The second-order valence-corrected chi connectivity index (χ2v) is 11.5. The first-order valence-corrected chi connectivity index (χ1v) is 14.4. The smallest absolute Gasteiger partial charge is 0.254 e. The molecule has 1 aromatic carbocycles. The molecule has 41 heavy (non-hydrogen) atoms. The Morgan fingerprint density at radius 1 is 1.15 bits per heavy atom. The van der Waals surface area contributed by atoms with Crippen molar-refractivity contribution in [2.24, 2.45) is 11.1 Å². The van der Waals surface area contributed by atoms with Crippen LogP contribution in [-0.4, -0.2) is 29.5 Å². The van der Waals surface area contributed by atoms with Crippen LogP contribution in [-0.2, 0) is 6.42 Å². The molecule has 0 spiro atoms. The Labute approximate surface area is 243 Å². The van der Waals surface area contributed by atoms with Crippen molar-refractivity contribution in [1.82, 2.24) is 15.3 Å². The van der Waals surface area contributed by atoms with Crippen molar-refractivity contribution in [3.8, 4) is 0 Å². The van der Waals surface area contributed by atoms with Crippen molar-refractivity contribution in [3.05, 3.63) is 99.8 Å². The largest absolute Gasteiger partial charge is 0.403 e. The number of halogens is 2. The standard InChI is InChI=1S/C34H43F2N5/c1-8-17-39-32-27(18-24-13-15-33(5,16-14-24)34(6,35)36)23(4)41-29-12-10-25(19-28(29)32)31(30(20-37)38-7)26-11-9-21(2)40-22(26)3/h9-15,19-20,31,38H,8,16-18,37H2,1-7H3,(H,39,41)/b30-20-. The predicted molar refractivity (Wildman–Crippen MR) is 166 cm³/mol. The minimum atomic E-state index is -2.79. The molecular formula is C34H43F2N5. The Balaban J connectivity index is 1.85. The quantitative estimate of drug-likeness (QED) is 0.238. The van der Waals surface area contributed by atoms with E-state index in [4.69, 9.17) is 15.7 Å². The van der Waals surface area contributed by atoms with Gasteiger partial charge in [0.2, 0.25) is 0 Å². The molecule has 0 fully saturated rings. The average molecular weight is 560 g/mol. The van der Waals surface area contributed by atoms with Gasteiger partial charge in [0, 0.05) is 72.6 Å². The van der Waals surface area contributed by atoms with Gasteiger partial charge in [-0.1, -0.05) is 44.2 Å². The van der Waals surface area contributed by atoms with E-state index >= 15 is 0 Å². The number of benzene rings is 1. The third-order valence-corrected chi connectivity index (χ3v) is 8.40. The first-order chi connectivity index (χ1) is 19.4. The summed E-state index contributed by atoms with van der Waals surface area (Å²) >= 11 is 0. The van der Waals surface area contributed by atoms with Crippen LogP contribution in [0.4, 0.5) is 14.5 Å². The van der Waals surface area contributed by atoms with Crippen LogP contribution in [0.2, 0.25) is 0 Å². The maximum absolute atomic E-state index is 14.2. The molecular weight excluding hydrogens is 516 g/mol. The molecule has 4 rings (SSSR count). The summed E-state index contributed by atoms with van der Waals surface area (Å²) in [5.41, 5.74) is 14.9. The number of aromatic nitrogens is 2. The van der Waals surface area contributed by atoms with Gasteiger partial charge in [-0.15, -0.1) is 0 Å². The molecule has 2 aromatic heterocycles. The van der Waals surface area contributed by atoms with E-state index in [-0.39, 0.29) is 5.92 Å². The lowest BCUT2D eigenvalue weighted by molar-refractivity contribution is -0.0715. The Morgan fingerprint density at radius 2 is 1.90 bits per heavy atom. The molecule has 3 aromatic rings. The number of alkyl halides is 2. The van der Waals surface area contributed by atoms with Crippen LogP contribution in [0.15, 0.2) is 66.0 Å². The molecule has 1 aliphatic carbocycles. The summed E-state index contributed by atoms with van der Waals surface area (Å²) in [5, 5.41) is 7.99. The number of anilines is 1. The van der Waals surface area contributed by atoms with Crippen LogP contribution < -0.4 is 16.4 Å². The van der Waals surface area contributed by atoms with E-state index in [2.05, 4.69) is 41.8 Å². The summed E-state index contributed by atoms with van der Waals surface area (Å²) in [6.45, 7) is 11.6. The second kappa shape index (κ2) is 12.0. The molecule has 0 amide bonds. The number of nitrogens with one attached hydrogen (secondary N) is 2. The maximum Gasteiger partial charge on any atom is 0.254 e. The molecule has 2 heterocycles. The molecule has 0 saturated carbocycles. The first kappa shape index (κ1) is 30.2. The fraction of sp³-hybridized carbons (Fsp3) is 0.412. The van der Waals surface area contributed by atoms with Gasteiger partial charge in [-0.05, 0) is 68.5 Å². The third kappa shape index (κ3) is 6.14. The van der Waals surface area contributed by atoms with E-state index in [1.165, 1.54) is 0 Å². The van der Waals surface area contributed by atoms with Gasteiger partial charge in [0.15, 0.2) is 0 Å². The van der Waals surface area contributed by atoms with Crippen LogP contribution in [0.5, 0.6) is 0 Å². The number of allylic oxidation sites excluding steroid dienone is 5. The topological polar surface area (TPSA) is 75.9 Å². The van der Waals surface area contributed by atoms with Crippen LogP contribution in [0, 0.1) is 26.2 Å². The van der Waals surface area contributed by atoms with Crippen LogP contribution in [0.3, 0.4) is 0 Å². The lowest BCUT2D eigenvalue weighted by Gasteiger charge is -2.34. The molecule has 0 radical (unpaired) electrons. The van der Waals surface area contributed by atoms with Gasteiger partial charge < -0.3 is 16.4 Å². The third-order valence-electron chi connectivity index (χ3n) is 8.40. The number of hydrogen-bond acceptors (Lipinski definition) is 5. The van der Waals surface area contributed by atoms with E-state index in [0.29, 0.717) is 12.8 Å². The molecule has 0 saturated heterocycles. The fourth-order valence-electron chi connectivity index (χ4n) is 5.57. The number of likely N-dealkylation sites (N-methyl/N-ethyl adjacent to an activating group) is 1. The van der Waals surface area contributed by atoms with Crippen LogP contribution >= 0.6 is 0 Å². The molecule has 4 N–H and O–H groups in total. The van der Waals surface area contributed by atoms with Crippen molar-refractivity contribution in [3.63, 3.8) is 0 Å². The summed E-state index contributed by atoms with van der Waals surface area (Å²) in [5.74, 6) is -2.92. The normalized spacial score (nSPS) is 18.4. The Hall–Kier alpha value is -3.74. The Kier molecular flexibility index (Phi) is 8.86. The summed E-state index contributed by atoms with van der Waals surface area (Å²) in [6.07, 6.45) is 8.98. The molecule has 218 valence electrons. The van der Waals surface area contributed by atoms with E-state index in [1.54, 1.807) is 19.2 Å². The summed E-state index contributed by atoms with van der Waals surface area (Å²) < 4.78 is 28.5. The van der Waals surface area contributed by atoms with Crippen LogP contribution in [0.1, 0.15) is 73.3 Å². The first-order valence-electron chi connectivity index (χ1n) is 14.4. The van der Waals surface area contributed by atoms with Gasteiger partial charge in [-0.2, -0.15) is 0 Å². The summed E-state index contributed by atoms with van der Waals surface area (Å²) in [7, 11) is 1.88. The van der Waals surface area contributed by atoms with E-state index in [0.717, 1.165) is 81.5 Å². The van der Waals surface area contributed by atoms with Crippen molar-refractivity contribution < 1.29 is 8.78 Å². The van der Waals surface area contributed by atoms with Crippen molar-refractivity contribution >= 4 is 16.6 Å². The number of pyridine rings is 2. The summed E-state index contributed by atoms with van der Waals surface area (Å²) in [6, 6.07) is 10.5. The molecule has 0 aliphatic heterocycles. The average Bonchev–Trinajstić information content (AvgIpc) is 2.92. The highest BCUT2D eigenvalue weighted by Crippen LogP contribution is 2.44. The second-order valence-electron chi connectivity index (χ2n) is 11.5. The van der Waals surface area contributed by atoms with Crippen molar-refractivity contribution in [2.75, 3.05) is 18.9 Å². The lowest BCUT2D eigenvalue weighted by Crippen LogP contribution is -2.35. The van der Waals surface area contributed by atoms with Gasteiger partial charge in [-0.25, -0.2) is 8.78 Å². The van der Waals surface area contributed by atoms with E-state index < -0.39 is 11.3 Å². The minimum Gasteiger partial charge on any atom is -0.403 e. The fourth-order valence-corrected chi connectivity index (χ4v) is 5.57. The molecule has 2 atom stereocenters. The maximum atomic E-state index is 14.2. The zero-order valence-corrected chi connectivity index (χ0v) is 25.3. The zero-order valence-electron chi connectivity index (χ0n) is 25.3. The molecule has 0 bridgehead atoms. The highest BCUT2D eigenvalue weighted by Gasteiger charge is 2.44. The minimum absolute atomic E-state index is 0.136. The SMILES string of the molecule is CCCNc1c(CC2=CCC(C)(C(C)(F)F)C=C2)c(C)nc2ccc(C(/C(=C/N)NC)c3ccc(C)nc3C)cc12. The Bertz CT molecular complexity index is 1520.